The van der Waals surface area contributed by atoms with Gasteiger partial charge in [0.2, 0.25) is 0 Å². The SMILES string of the molecule is CN(CCOCC1CC1)C(=O)c1cc(Br)ccc1Br. The van der Waals surface area contributed by atoms with Gasteiger partial charge in [0, 0.05) is 29.1 Å². The molecule has 0 saturated heterocycles. The van der Waals surface area contributed by atoms with Crippen LogP contribution in [0.2, 0.25) is 0 Å². The fourth-order valence-electron chi connectivity index (χ4n) is 1.70. The second-order valence-corrected chi connectivity index (χ2v) is 6.64. The predicted octanol–water partition coefficient (Wildman–Crippen LogP) is 3.71. The molecule has 1 fully saturated rings. The number of hydrogen-bond donors (Lipinski definition) is 0. The van der Waals surface area contributed by atoms with E-state index in [4.69, 9.17) is 4.74 Å². The Morgan fingerprint density at radius 1 is 1.42 bits per heavy atom. The van der Waals surface area contributed by atoms with Crippen molar-refractivity contribution in [1.82, 2.24) is 4.90 Å². The number of halogens is 2. The van der Waals surface area contributed by atoms with E-state index in [-0.39, 0.29) is 5.91 Å². The van der Waals surface area contributed by atoms with Gasteiger partial charge in [-0.25, -0.2) is 0 Å². The second kappa shape index (κ2) is 6.86. The first-order valence-corrected chi connectivity index (χ1v) is 7.95. The molecule has 0 atom stereocenters. The van der Waals surface area contributed by atoms with E-state index in [0.717, 1.165) is 21.5 Å². The summed E-state index contributed by atoms with van der Waals surface area (Å²) in [6.07, 6.45) is 2.58. The zero-order chi connectivity index (χ0) is 13.8. The number of carbonyl (C=O) groups is 1. The maximum absolute atomic E-state index is 12.3. The Labute approximate surface area is 130 Å². The van der Waals surface area contributed by atoms with Crippen molar-refractivity contribution in [2.75, 3.05) is 26.8 Å². The summed E-state index contributed by atoms with van der Waals surface area (Å²) in [5, 5.41) is 0. The molecule has 5 heteroatoms. The summed E-state index contributed by atoms with van der Waals surface area (Å²) in [5.74, 6) is 0.767. The summed E-state index contributed by atoms with van der Waals surface area (Å²) < 4.78 is 7.27. The molecule has 0 radical (unpaired) electrons. The topological polar surface area (TPSA) is 29.5 Å². The molecule has 19 heavy (non-hydrogen) atoms. The first kappa shape index (κ1) is 15.0. The van der Waals surface area contributed by atoms with Crippen LogP contribution in [-0.2, 0) is 4.74 Å². The van der Waals surface area contributed by atoms with Crippen LogP contribution in [0, 0.1) is 5.92 Å². The van der Waals surface area contributed by atoms with Crippen LogP contribution in [0.3, 0.4) is 0 Å². The third-order valence-corrected chi connectivity index (χ3v) is 4.31. The molecule has 1 aliphatic carbocycles. The first-order valence-electron chi connectivity index (χ1n) is 6.36. The Morgan fingerprint density at radius 3 is 2.84 bits per heavy atom. The highest BCUT2D eigenvalue weighted by Gasteiger charge is 2.21. The second-order valence-electron chi connectivity index (χ2n) is 4.87. The third kappa shape index (κ3) is 4.58. The maximum Gasteiger partial charge on any atom is 0.254 e. The highest BCUT2D eigenvalue weighted by Crippen LogP contribution is 2.28. The molecule has 0 N–H and O–H groups in total. The minimum Gasteiger partial charge on any atom is -0.379 e. The van der Waals surface area contributed by atoms with Crippen LogP contribution in [-0.4, -0.2) is 37.6 Å². The molecule has 0 heterocycles. The van der Waals surface area contributed by atoms with Crippen LogP contribution in [0.15, 0.2) is 27.1 Å². The summed E-state index contributed by atoms with van der Waals surface area (Å²) in [5.41, 5.74) is 0.666. The van der Waals surface area contributed by atoms with Crippen molar-refractivity contribution >= 4 is 37.8 Å². The number of rotatable bonds is 6. The molecule has 2 rings (SSSR count). The van der Waals surface area contributed by atoms with Crippen molar-refractivity contribution in [2.24, 2.45) is 5.92 Å². The highest BCUT2D eigenvalue weighted by atomic mass is 79.9. The van der Waals surface area contributed by atoms with Crippen molar-refractivity contribution < 1.29 is 9.53 Å². The van der Waals surface area contributed by atoms with E-state index in [1.165, 1.54) is 12.8 Å². The number of amides is 1. The van der Waals surface area contributed by atoms with Crippen LogP contribution in [0.1, 0.15) is 23.2 Å². The van der Waals surface area contributed by atoms with Gasteiger partial charge in [0.1, 0.15) is 0 Å². The standard InChI is InChI=1S/C14H17Br2NO2/c1-17(6-7-19-9-10-2-3-10)14(18)12-8-11(15)4-5-13(12)16/h4-5,8,10H,2-3,6-7,9H2,1H3. The highest BCUT2D eigenvalue weighted by molar-refractivity contribution is 9.11. The van der Waals surface area contributed by atoms with Crippen molar-refractivity contribution in [3.05, 3.63) is 32.7 Å². The molecule has 1 aromatic rings. The van der Waals surface area contributed by atoms with E-state index in [2.05, 4.69) is 31.9 Å². The normalized spacial score (nSPS) is 14.5. The number of benzene rings is 1. The fraction of sp³-hybridized carbons (Fsp3) is 0.500. The molecule has 0 aliphatic heterocycles. The molecule has 1 amide bonds. The van der Waals surface area contributed by atoms with Crippen molar-refractivity contribution in [3.8, 4) is 0 Å². The summed E-state index contributed by atoms with van der Waals surface area (Å²) in [4.78, 5) is 14.0. The van der Waals surface area contributed by atoms with E-state index in [1.54, 1.807) is 11.9 Å². The molecule has 3 nitrogen and oxygen atoms in total. The molecule has 0 bridgehead atoms. The Morgan fingerprint density at radius 2 is 2.16 bits per heavy atom. The summed E-state index contributed by atoms with van der Waals surface area (Å²) in [6.45, 7) is 2.05. The maximum atomic E-state index is 12.3. The van der Waals surface area contributed by atoms with E-state index in [9.17, 15) is 4.79 Å². The van der Waals surface area contributed by atoms with Gasteiger partial charge in [-0.2, -0.15) is 0 Å². The zero-order valence-electron chi connectivity index (χ0n) is 10.9. The predicted molar refractivity (Wildman–Crippen MR) is 82.3 cm³/mol. The molecule has 1 aliphatic rings. The summed E-state index contributed by atoms with van der Waals surface area (Å²) in [6, 6.07) is 5.60. The monoisotopic (exact) mass is 389 g/mol. The van der Waals surface area contributed by atoms with Gasteiger partial charge in [0.15, 0.2) is 0 Å². The van der Waals surface area contributed by atoms with E-state index in [0.29, 0.717) is 18.7 Å². The molecule has 1 saturated carbocycles. The number of hydrogen-bond acceptors (Lipinski definition) is 2. The molecule has 0 aromatic heterocycles. The Kier molecular flexibility index (Phi) is 5.42. The lowest BCUT2D eigenvalue weighted by molar-refractivity contribution is 0.0680. The van der Waals surface area contributed by atoms with Gasteiger partial charge in [-0.3, -0.25) is 4.79 Å². The molecule has 1 aromatic carbocycles. The Bertz CT molecular complexity index is 461. The van der Waals surface area contributed by atoms with Crippen molar-refractivity contribution in [1.29, 1.82) is 0 Å². The Hall–Kier alpha value is -0.390. The van der Waals surface area contributed by atoms with Crippen molar-refractivity contribution in [2.45, 2.75) is 12.8 Å². The van der Waals surface area contributed by atoms with E-state index < -0.39 is 0 Å². The molecular formula is C14H17Br2NO2. The summed E-state index contributed by atoms with van der Waals surface area (Å²) >= 11 is 6.79. The van der Waals surface area contributed by atoms with Gasteiger partial charge >= 0.3 is 0 Å². The first-order chi connectivity index (χ1) is 9.08. The lowest BCUT2D eigenvalue weighted by atomic mass is 10.2. The van der Waals surface area contributed by atoms with E-state index in [1.807, 2.05) is 18.2 Å². The number of carbonyl (C=O) groups excluding carboxylic acids is 1. The lowest BCUT2D eigenvalue weighted by Crippen LogP contribution is -2.30. The lowest BCUT2D eigenvalue weighted by Gasteiger charge is -2.18. The number of likely N-dealkylation sites (N-methyl/N-ethyl adjacent to an activating group) is 1. The fourth-order valence-corrected chi connectivity index (χ4v) is 2.48. The van der Waals surface area contributed by atoms with Gasteiger partial charge in [-0.15, -0.1) is 0 Å². The van der Waals surface area contributed by atoms with Crippen LogP contribution >= 0.6 is 31.9 Å². The minimum absolute atomic E-state index is 0.00296. The van der Waals surface area contributed by atoms with Gasteiger partial charge in [0.25, 0.3) is 5.91 Å². The van der Waals surface area contributed by atoms with Gasteiger partial charge in [-0.05, 0) is 52.9 Å². The van der Waals surface area contributed by atoms with E-state index >= 15 is 0 Å². The zero-order valence-corrected chi connectivity index (χ0v) is 14.0. The molecule has 104 valence electrons. The number of nitrogens with zero attached hydrogens (tertiary/aromatic N) is 1. The average Bonchev–Trinajstić information content (AvgIpc) is 3.20. The van der Waals surface area contributed by atoms with Crippen LogP contribution in [0.25, 0.3) is 0 Å². The largest absolute Gasteiger partial charge is 0.379 e. The van der Waals surface area contributed by atoms with Gasteiger partial charge < -0.3 is 9.64 Å². The third-order valence-electron chi connectivity index (χ3n) is 3.13. The van der Waals surface area contributed by atoms with Gasteiger partial charge in [-0.1, -0.05) is 15.9 Å². The molecule has 0 unspecified atom stereocenters. The van der Waals surface area contributed by atoms with Crippen molar-refractivity contribution in [3.63, 3.8) is 0 Å². The number of ether oxygens (including phenoxy) is 1. The van der Waals surface area contributed by atoms with Crippen LogP contribution in [0.5, 0.6) is 0 Å². The Balaban J connectivity index is 1.84. The quantitative estimate of drug-likeness (QED) is 0.693. The minimum atomic E-state index is 0.00296. The molecule has 0 spiro atoms. The smallest absolute Gasteiger partial charge is 0.254 e. The van der Waals surface area contributed by atoms with Crippen LogP contribution in [0.4, 0.5) is 0 Å². The molecular weight excluding hydrogens is 374 g/mol. The average molecular weight is 391 g/mol. The van der Waals surface area contributed by atoms with Gasteiger partial charge in [0.05, 0.1) is 12.2 Å². The van der Waals surface area contributed by atoms with Crippen LogP contribution < -0.4 is 0 Å². The summed E-state index contributed by atoms with van der Waals surface area (Å²) in [7, 11) is 1.80.